The molecule has 1 rings (SSSR count). The van der Waals surface area contributed by atoms with Crippen LogP contribution in [0.5, 0.6) is 0 Å². The fraction of sp³-hybridized carbons (Fsp3) is 1.00. The summed E-state index contributed by atoms with van der Waals surface area (Å²) in [7, 11) is 0. The summed E-state index contributed by atoms with van der Waals surface area (Å²) < 4.78 is 0. The molecule has 0 amide bonds. The summed E-state index contributed by atoms with van der Waals surface area (Å²) in [5.41, 5.74) is 5.97. The van der Waals surface area contributed by atoms with Crippen molar-refractivity contribution < 1.29 is 0 Å². The van der Waals surface area contributed by atoms with Crippen LogP contribution in [0, 0.1) is 0 Å². The Labute approximate surface area is 108 Å². The van der Waals surface area contributed by atoms with Crippen LogP contribution in [-0.2, 0) is 0 Å². The second kappa shape index (κ2) is 8.93. The summed E-state index contributed by atoms with van der Waals surface area (Å²) in [5, 5.41) is 0. The molecule has 102 valence electrons. The van der Waals surface area contributed by atoms with Gasteiger partial charge < -0.3 is 5.73 Å². The average molecular weight is 240 g/mol. The molecular weight excluding hydrogens is 208 g/mol. The molecule has 1 heterocycles. The smallest absolute Gasteiger partial charge is 0.0221 e. The summed E-state index contributed by atoms with van der Waals surface area (Å²) in [6.45, 7) is 6.73. The Morgan fingerprint density at radius 1 is 1.18 bits per heavy atom. The molecule has 0 aromatic heterocycles. The highest BCUT2D eigenvalue weighted by molar-refractivity contribution is 4.84. The third-order valence-electron chi connectivity index (χ3n) is 4.28. The van der Waals surface area contributed by atoms with E-state index in [-0.39, 0.29) is 0 Å². The van der Waals surface area contributed by atoms with Gasteiger partial charge in [0.15, 0.2) is 0 Å². The molecule has 0 saturated carbocycles. The number of nitrogens with two attached hydrogens (primary N) is 1. The van der Waals surface area contributed by atoms with E-state index in [0.717, 1.165) is 12.6 Å². The minimum atomic E-state index is 0.657. The van der Waals surface area contributed by atoms with Crippen LogP contribution in [-0.4, -0.2) is 30.1 Å². The minimum Gasteiger partial charge on any atom is -0.329 e. The second-order valence-electron chi connectivity index (χ2n) is 5.53. The van der Waals surface area contributed by atoms with Crippen molar-refractivity contribution in [2.75, 3.05) is 13.1 Å². The van der Waals surface area contributed by atoms with Gasteiger partial charge in [-0.3, -0.25) is 4.90 Å². The van der Waals surface area contributed by atoms with E-state index < -0.39 is 0 Å². The zero-order valence-corrected chi connectivity index (χ0v) is 12.0. The van der Waals surface area contributed by atoms with Crippen LogP contribution in [0.4, 0.5) is 0 Å². The van der Waals surface area contributed by atoms with Gasteiger partial charge in [0.2, 0.25) is 0 Å². The normalized spacial score (nSPS) is 23.1. The number of nitrogens with zero attached hydrogens (tertiary/aromatic N) is 1. The van der Waals surface area contributed by atoms with Crippen LogP contribution in [0.3, 0.4) is 0 Å². The predicted molar refractivity (Wildman–Crippen MR) is 76.2 cm³/mol. The van der Waals surface area contributed by atoms with Gasteiger partial charge in [0.1, 0.15) is 0 Å². The SMILES string of the molecule is CCCCCCCC(CN)N1CCCC1CC. The first kappa shape index (κ1) is 15.0. The molecule has 2 nitrogen and oxygen atoms in total. The largest absolute Gasteiger partial charge is 0.329 e. The van der Waals surface area contributed by atoms with E-state index in [1.807, 2.05) is 0 Å². The Hall–Kier alpha value is -0.0800. The third kappa shape index (κ3) is 4.97. The Bertz CT molecular complexity index is 182. The van der Waals surface area contributed by atoms with Crippen LogP contribution in [0.25, 0.3) is 0 Å². The molecule has 0 aliphatic carbocycles. The molecule has 1 fully saturated rings. The first-order valence-electron chi connectivity index (χ1n) is 7.79. The van der Waals surface area contributed by atoms with E-state index in [1.165, 1.54) is 64.3 Å². The van der Waals surface area contributed by atoms with Crippen molar-refractivity contribution in [1.82, 2.24) is 4.90 Å². The molecule has 17 heavy (non-hydrogen) atoms. The van der Waals surface area contributed by atoms with E-state index in [1.54, 1.807) is 0 Å². The molecule has 0 radical (unpaired) electrons. The van der Waals surface area contributed by atoms with Crippen LogP contribution >= 0.6 is 0 Å². The van der Waals surface area contributed by atoms with Crippen molar-refractivity contribution in [3.8, 4) is 0 Å². The van der Waals surface area contributed by atoms with Crippen molar-refractivity contribution in [3.05, 3.63) is 0 Å². The summed E-state index contributed by atoms with van der Waals surface area (Å²) in [4.78, 5) is 2.69. The minimum absolute atomic E-state index is 0.657. The molecule has 2 N–H and O–H groups in total. The molecule has 1 aliphatic heterocycles. The lowest BCUT2D eigenvalue weighted by Gasteiger charge is -2.32. The summed E-state index contributed by atoms with van der Waals surface area (Å²) >= 11 is 0. The maximum atomic E-state index is 5.97. The molecule has 0 bridgehead atoms. The van der Waals surface area contributed by atoms with Crippen LogP contribution in [0.1, 0.15) is 71.6 Å². The zero-order chi connectivity index (χ0) is 12.5. The summed E-state index contributed by atoms with van der Waals surface area (Å²) in [6.07, 6.45) is 12.3. The monoisotopic (exact) mass is 240 g/mol. The lowest BCUT2D eigenvalue weighted by Crippen LogP contribution is -2.43. The first-order chi connectivity index (χ1) is 8.33. The van der Waals surface area contributed by atoms with E-state index in [4.69, 9.17) is 5.73 Å². The van der Waals surface area contributed by atoms with E-state index >= 15 is 0 Å². The maximum Gasteiger partial charge on any atom is 0.0221 e. The highest BCUT2D eigenvalue weighted by Crippen LogP contribution is 2.24. The molecule has 0 aromatic carbocycles. The average Bonchev–Trinajstić information content (AvgIpc) is 2.82. The Balaban J connectivity index is 2.22. The molecule has 0 spiro atoms. The van der Waals surface area contributed by atoms with Crippen molar-refractivity contribution >= 4 is 0 Å². The molecule has 0 aromatic rings. The molecule has 1 saturated heterocycles. The van der Waals surface area contributed by atoms with Gasteiger partial charge in [0.05, 0.1) is 0 Å². The lowest BCUT2D eigenvalue weighted by atomic mass is 10.0. The fourth-order valence-electron chi connectivity index (χ4n) is 3.18. The maximum absolute atomic E-state index is 5.97. The molecule has 1 aliphatic rings. The Morgan fingerprint density at radius 2 is 1.94 bits per heavy atom. The van der Waals surface area contributed by atoms with Crippen LogP contribution in [0.2, 0.25) is 0 Å². The molecule has 2 atom stereocenters. The van der Waals surface area contributed by atoms with E-state index in [0.29, 0.717) is 6.04 Å². The van der Waals surface area contributed by atoms with Gasteiger partial charge in [-0.05, 0) is 32.2 Å². The van der Waals surface area contributed by atoms with Crippen molar-refractivity contribution in [2.24, 2.45) is 5.73 Å². The van der Waals surface area contributed by atoms with Crippen LogP contribution in [0.15, 0.2) is 0 Å². The highest BCUT2D eigenvalue weighted by atomic mass is 15.2. The second-order valence-corrected chi connectivity index (χ2v) is 5.53. The van der Waals surface area contributed by atoms with Crippen molar-refractivity contribution in [1.29, 1.82) is 0 Å². The molecular formula is C15H32N2. The van der Waals surface area contributed by atoms with Gasteiger partial charge >= 0.3 is 0 Å². The summed E-state index contributed by atoms with van der Waals surface area (Å²) in [5.74, 6) is 0. The predicted octanol–water partition coefficient (Wildman–Crippen LogP) is 3.55. The van der Waals surface area contributed by atoms with Gasteiger partial charge in [0.25, 0.3) is 0 Å². The molecule has 2 heteroatoms. The standard InChI is InChI=1S/C15H32N2/c1-3-5-6-7-8-10-15(13-16)17-12-9-11-14(17)4-2/h14-15H,3-13,16H2,1-2H3. The van der Waals surface area contributed by atoms with Gasteiger partial charge in [-0.15, -0.1) is 0 Å². The Morgan fingerprint density at radius 3 is 2.59 bits per heavy atom. The number of hydrogen-bond donors (Lipinski definition) is 1. The number of likely N-dealkylation sites (tertiary alicyclic amines) is 1. The zero-order valence-electron chi connectivity index (χ0n) is 12.0. The fourth-order valence-corrected chi connectivity index (χ4v) is 3.18. The Kier molecular flexibility index (Phi) is 7.87. The van der Waals surface area contributed by atoms with Crippen molar-refractivity contribution in [3.63, 3.8) is 0 Å². The number of hydrogen-bond acceptors (Lipinski definition) is 2. The van der Waals surface area contributed by atoms with Gasteiger partial charge in [-0.1, -0.05) is 46.0 Å². The first-order valence-corrected chi connectivity index (χ1v) is 7.79. The summed E-state index contributed by atoms with van der Waals surface area (Å²) in [6, 6.07) is 1.48. The van der Waals surface area contributed by atoms with Crippen molar-refractivity contribution in [2.45, 2.75) is 83.7 Å². The highest BCUT2D eigenvalue weighted by Gasteiger charge is 2.28. The van der Waals surface area contributed by atoms with Crippen LogP contribution < -0.4 is 5.73 Å². The lowest BCUT2D eigenvalue weighted by molar-refractivity contribution is 0.168. The third-order valence-corrected chi connectivity index (χ3v) is 4.28. The van der Waals surface area contributed by atoms with E-state index in [9.17, 15) is 0 Å². The van der Waals surface area contributed by atoms with Gasteiger partial charge in [0, 0.05) is 18.6 Å². The van der Waals surface area contributed by atoms with E-state index in [2.05, 4.69) is 18.7 Å². The number of rotatable bonds is 9. The van der Waals surface area contributed by atoms with Gasteiger partial charge in [-0.2, -0.15) is 0 Å². The quantitative estimate of drug-likeness (QED) is 0.625. The topological polar surface area (TPSA) is 29.3 Å². The molecule has 2 unspecified atom stereocenters. The van der Waals surface area contributed by atoms with Gasteiger partial charge in [-0.25, -0.2) is 0 Å². The number of unbranched alkanes of at least 4 members (excludes halogenated alkanes) is 4.